The molecule has 1 fully saturated rings. The molecule has 64 valence electrons. The van der Waals surface area contributed by atoms with Crippen LogP contribution < -0.4 is 0 Å². The Morgan fingerprint density at radius 3 is 2.36 bits per heavy atom. The van der Waals surface area contributed by atoms with Gasteiger partial charge in [0.15, 0.2) is 0 Å². The van der Waals surface area contributed by atoms with Gasteiger partial charge in [-0.3, -0.25) is 9.59 Å². The Balaban J connectivity index is 0.000000292. The van der Waals surface area contributed by atoms with Gasteiger partial charge >= 0.3 is 0 Å². The molecule has 0 saturated carbocycles. The van der Waals surface area contributed by atoms with Crippen molar-refractivity contribution >= 4 is 12.4 Å². The summed E-state index contributed by atoms with van der Waals surface area (Å²) in [5, 5.41) is 6.89. The van der Waals surface area contributed by atoms with Crippen LogP contribution in [0.15, 0.2) is 0 Å². The van der Waals surface area contributed by atoms with Crippen LogP contribution in [0, 0.1) is 0 Å². The molecule has 0 aromatic carbocycles. The lowest BCUT2D eigenvalue weighted by molar-refractivity contribution is -0.131. The van der Waals surface area contributed by atoms with E-state index in [1.54, 1.807) is 4.90 Å². The van der Waals surface area contributed by atoms with Crippen LogP contribution in [0.4, 0.5) is 0 Å². The van der Waals surface area contributed by atoms with Gasteiger partial charge in [-0.2, -0.15) is 0 Å². The van der Waals surface area contributed by atoms with Crippen molar-refractivity contribution in [1.29, 1.82) is 0 Å². The summed E-state index contributed by atoms with van der Waals surface area (Å²) >= 11 is 0. The Kier molecular flexibility index (Phi) is 5.15. The van der Waals surface area contributed by atoms with E-state index in [0.29, 0.717) is 5.91 Å². The number of nitrogens with zero attached hydrogens (tertiary/aromatic N) is 1. The molecule has 11 heavy (non-hydrogen) atoms. The maximum atomic E-state index is 10.7. The molecule has 1 aliphatic heterocycles. The van der Waals surface area contributed by atoms with Gasteiger partial charge in [-0.1, -0.05) is 0 Å². The van der Waals surface area contributed by atoms with E-state index in [-0.39, 0.29) is 6.47 Å². The highest BCUT2D eigenvalue weighted by Gasteiger charge is 2.12. The third-order valence-corrected chi connectivity index (χ3v) is 1.56. The van der Waals surface area contributed by atoms with Crippen LogP contribution in [0.25, 0.3) is 0 Å². The molecule has 1 aliphatic rings. The molecule has 0 radical (unpaired) electrons. The average Bonchev–Trinajstić information content (AvgIpc) is 1.97. The summed E-state index contributed by atoms with van der Waals surface area (Å²) in [6.45, 7) is 0.707. The second-order valence-corrected chi connectivity index (χ2v) is 2.38. The number of carboxylic acid groups (broad SMARTS) is 1. The van der Waals surface area contributed by atoms with Gasteiger partial charge in [0, 0.05) is 20.0 Å². The lowest BCUT2D eigenvalue weighted by Gasteiger charge is -2.21. The summed E-state index contributed by atoms with van der Waals surface area (Å²) in [6, 6.07) is 0. The van der Waals surface area contributed by atoms with E-state index < -0.39 is 0 Å². The molecule has 4 nitrogen and oxygen atoms in total. The number of carbonyl (C=O) groups is 2. The Morgan fingerprint density at radius 1 is 1.55 bits per heavy atom. The second-order valence-electron chi connectivity index (χ2n) is 2.38. The van der Waals surface area contributed by atoms with Crippen molar-refractivity contribution in [3.8, 4) is 0 Å². The van der Waals surface area contributed by atoms with Crippen LogP contribution >= 0.6 is 0 Å². The predicted molar refractivity (Wildman–Crippen MR) is 40.2 cm³/mol. The lowest BCUT2D eigenvalue weighted by atomic mass is 10.1. The number of piperidine rings is 1. The van der Waals surface area contributed by atoms with Crippen molar-refractivity contribution < 1.29 is 14.7 Å². The molecule has 4 heteroatoms. The van der Waals surface area contributed by atoms with E-state index in [1.807, 2.05) is 7.05 Å². The van der Waals surface area contributed by atoms with Crippen LogP contribution in [0.2, 0.25) is 0 Å². The molecule has 1 N–H and O–H groups in total. The van der Waals surface area contributed by atoms with Gasteiger partial charge < -0.3 is 10.0 Å². The van der Waals surface area contributed by atoms with Gasteiger partial charge in [-0.25, -0.2) is 0 Å². The number of amides is 1. The fraction of sp³-hybridized carbons (Fsp3) is 0.714. The minimum absolute atomic E-state index is 0.250. The van der Waals surface area contributed by atoms with Crippen LogP contribution in [0.1, 0.15) is 19.3 Å². The number of rotatable bonds is 0. The van der Waals surface area contributed by atoms with Gasteiger partial charge in [0.1, 0.15) is 0 Å². The minimum atomic E-state index is -0.250. The molecule has 0 unspecified atom stereocenters. The maximum Gasteiger partial charge on any atom is 0.290 e. The highest BCUT2D eigenvalue weighted by molar-refractivity contribution is 5.76. The van der Waals surface area contributed by atoms with E-state index in [9.17, 15) is 4.79 Å². The first-order valence-corrected chi connectivity index (χ1v) is 3.54. The van der Waals surface area contributed by atoms with Gasteiger partial charge in [-0.15, -0.1) is 0 Å². The van der Waals surface area contributed by atoms with Crippen molar-refractivity contribution in [2.75, 3.05) is 13.6 Å². The van der Waals surface area contributed by atoms with Crippen LogP contribution in [0.3, 0.4) is 0 Å². The number of carbonyl (C=O) groups excluding carboxylic acids is 1. The van der Waals surface area contributed by atoms with Gasteiger partial charge in [0.05, 0.1) is 0 Å². The molecule has 0 aromatic rings. The monoisotopic (exact) mass is 159 g/mol. The van der Waals surface area contributed by atoms with E-state index in [0.717, 1.165) is 19.4 Å². The Labute approximate surface area is 65.8 Å². The topological polar surface area (TPSA) is 57.6 Å². The molecule has 0 atom stereocenters. The van der Waals surface area contributed by atoms with E-state index >= 15 is 0 Å². The highest BCUT2D eigenvalue weighted by atomic mass is 16.3. The van der Waals surface area contributed by atoms with Gasteiger partial charge in [0.2, 0.25) is 5.91 Å². The molecule has 0 aliphatic carbocycles. The molecule has 0 spiro atoms. The van der Waals surface area contributed by atoms with E-state index in [2.05, 4.69) is 0 Å². The molecule has 0 aromatic heterocycles. The Bertz CT molecular complexity index is 136. The second kappa shape index (κ2) is 5.70. The molecule has 0 bridgehead atoms. The number of likely N-dealkylation sites (tertiary alicyclic amines) is 1. The molecule has 1 saturated heterocycles. The van der Waals surface area contributed by atoms with Crippen molar-refractivity contribution in [3.05, 3.63) is 0 Å². The third-order valence-electron chi connectivity index (χ3n) is 1.56. The Hall–Kier alpha value is -1.06. The first kappa shape index (κ1) is 9.94. The van der Waals surface area contributed by atoms with E-state index in [1.165, 1.54) is 6.42 Å². The largest absolute Gasteiger partial charge is 0.483 e. The van der Waals surface area contributed by atoms with E-state index in [4.69, 9.17) is 9.90 Å². The molecular formula is C7H13NO3. The van der Waals surface area contributed by atoms with Crippen LogP contribution in [-0.2, 0) is 9.59 Å². The summed E-state index contributed by atoms with van der Waals surface area (Å²) in [7, 11) is 1.86. The highest BCUT2D eigenvalue weighted by Crippen LogP contribution is 2.06. The lowest BCUT2D eigenvalue weighted by Crippen LogP contribution is -2.31. The van der Waals surface area contributed by atoms with Crippen LogP contribution in [-0.4, -0.2) is 36.0 Å². The fourth-order valence-electron chi connectivity index (χ4n) is 0.941. The summed E-state index contributed by atoms with van der Waals surface area (Å²) < 4.78 is 0. The van der Waals surface area contributed by atoms with Gasteiger partial charge in [0.25, 0.3) is 6.47 Å². The average molecular weight is 159 g/mol. The minimum Gasteiger partial charge on any atom is -0.483 e. The zero-order chi connectivity index (χ0) is 8.69. The standard InChI is InChI=1S/C6H11NO.CH2O2/c1-7-5-3-2-4-6(7)8;2-1-3/h2-5H2,1H3;1H,(H,2,3). The smallest absolute Gasteiger partial charge is 0.290 e. The quantitative estimate of drug-likeness (QED) is 0.518. The third kappa shape index (κ3) is 4.36. The van der Waals surface area contributed by atoms with Crippen LogP contribution in [0.5, 0.6) is 0 Å². The molecule has 1 heterocycles. The van der Waals surface area contributed by atoms with Crippen molar-refractivity contribution in [3.63, 3.8) is 0 Å². The first-order valence-electron chi connectivity index (χ1n) is 3.54. The Morgan fingerprint density at radius 2 is 2.09 bits per heavy atom. The molecule has 1 amide bonds. The summed E-state index contributed by atoms with van der Waals surface area (Å²) in [4.78, 5) is 20.9. The number of hydrogen-bond donors (Lipinski definition) is 1. The zero-order valence-electron chi connectivity index (χ0n) is 6.62. The first-order chi connectivity index (χ1) is 5.22. The van der Waals surface area contributed by atoms with Gasteiger partial charge in [-0.05, 0) is 12.8 Å². The SMILES string of the molecule is CN1CCCCC1=O.O=CO. The van der Waals surface area contributed by atoms with Crippen molar-refractivity contribution in [1.82, 2.24) is 4.90 Å². The normalized spacial score (nSPS) is 16.8. The molecule has 1 rings (SSSR count). The number of hydrogen-bond acceptors (Lipinski definition) is 2. The molecular weight excluding hydrogens is 146 g/mol. The van der Waals surface area contributed by atoms with Crippen molar-refractivity contribution in [2.24, 2.45) is 0 Å². The predicted octanol–water partition coefficient (Wildman–Crippen LogP) is 0.329. The maximum absolute atomic E-state index is 10.7. The summed E-state index contributed by atoms with van der Waals surface area (Å²) in [6.07, 6.45) is 3.03. The summed E-state index contributed by atoms with van der Waals surface area (Å²) in [5.41, 5.74) is 0. The summed E-state index contributed by atoms with van der Waals surface area (Å²) in [5.74, 6) is 0.302. The van der Waals surface area contributed by atoms with Crippen molar-refractivity contribution in [2.45, 2.75) is 19.3 Å². The fourth-order valence-corrected chi connectivity index (χ4v) is 0.941. The zero-order valence-corrected chi connectivity index (χ0v) is 6.62.